The Labute approximate surface area is 173 Å². The van der Waals surface area contributed by atoms with Crippen LogP contribution < -0.4 is 5.32 Å². The molecule has 1 aliphatic carbocycles. The van der Waals surface area contributed by atoms with Gasteiger partial charge in [0, 0.05) is 30.1 Å². The molecule has 1 amide bonds. The van der Waals surface area contributed by atoms with Gasteiger partial charge in [-0.25, -0.2) is 9.97 Å². The Hall–Kier alpha value is -4.06. The molecule has 1 aliphatic rings. The quantitative estimate of drug-likeness (QED) is 0.537. The monoisotopic (exact) mass is 394 g/mol. The van der Waals surface area contributed by atoms with Gasteiger partial charge in [0.25, 0.3) is 5.91 Å². The molecule has 5 rings (SSSR count). The molecular formula is C24H18N4O2. The van der Waals surface area contributed by atoms with Crippen LogP contribution in [0.5, 0.6) is 0 Å². The minimum atomic E-state index is -0.169. The van der Waals surface area contributed by atoms with Gasteiger partial charge < -0.3 is 9.73 Å². The van der Waals surface area contributed by atoms with Crippen LogP contribution >= 0.6 is 0 Å². The minimum Gasteiger partial charge on any atom is -0.472 e. The average Bonchev–Trinajstić information content (AvgIpc) is 3.51. The Balaban J connectivity index is 1.50. The number of nitrogens with one attached hydrogen (secondary N) is 1. The molecule has 1 aromatic carbocycles. The van der Waals surface area contributed by atoms with E-state index in [9.17, 15) is 4.79 Å². The largest absolute Gasteiger partial charge is 0.472 e. The molecule has 6 heteroatoms. The molecule has 0 unspecified atom stereocenters. The molecule has 0 fully saturated rings. The second-order valence-corrected chi connectivity index (χ2v) is 6.98. The van der Waals surface area contributed by atoms with Crippen LogP contribution in [0.15, 0.2) is 84.0 Å². The van der Waals surface area contributed by atoms with Crippen LogP contribution in [0.25, 0.3) is 27.9 Å². The van der Waals surface area contributed by atoms with Gasteiger partial charge in [-0.3, -0.25) is 9.78 Å². The fraction of sp³-hybridized carbons (Fsp3) is 0.0833. The first kappa shape index (κ1) is 18.0. The lowest BCUT2D eigenvalue weighted by Gasteiger charge is -2.10. The zero-order valence-electron chi connectivity index (χ0n) is 16.1. The number of aromatic nitrogens is 3. The highest BCUT2D eigenvalue weighted by atomic mass is 16.3. The Morgan fingerprint density at radius 3 is 2.80 bits per heavy atom. The fourth-order valence-corrected chi connectivity index (χ4v) is 3.42. The summed E-state index contributed by atoms with van der Waals surface area (Å²) in [7, 11) is 0. The molecule has 3 heterocycles. The number of hydrogen-bond donors (Lipinski definition) is 1. The summed E-state index contributed by atoms with van der Waals surface area (Å²) in [5.74, 6) is -0.169. The Kier molecular flexibility index (Phi) is 4.65. The first-order chi connectivity index (χ1) is 14.8. The maximum Gasteiger partial charge on any atom is 0.251 e. The normalized spacial score (nSPS) is 12.9. The highest BCUT2D eigenvalue weighted by molar-refractivity contribution is 5.98. The van der Waals surface area contributed by atoms with Crippen LogP contribution in [-0.2, 0) is 6.54 Å². The summed E-state index contributed by atoms with van der Waals surface area (Å²) in [6, 6.07) is 11.0. The van der Waals surface area contributed by atoms with E-state index in [0.717, 1.165) is 40.0 Å². The number of benzene rings is 1. The van der Waals surface area contributed by atoms with E-state index in [4.69, 9.17) is 14.4 Å². The van der Waals surface area contributed by atoms with Crippen molar-refractivity contribution in [2.75, 3.05) is 0 Å². The lowest BCUT2D eigenvalue weighted by atomic mass is 10.1. The molecule has 146 valence electrons. The van der Waals surface area contributed by atoms with E-state index in [0.29, 0.717) is 17.6 Å². The second kappa shape index (κ2) is 7.75. The Morgan fingerprint density at radius 2 is 2.03 bits per heavy atom. The number of allylic oxidation sites excluding steroid dienone is 4. The summed E-state index contributed by atoms with van der Waals surface area (Å²) < 4.78 is 5.26. The minimum absolute atomic E-state index is 0.169. The Bertz CT molecular complexity index is 1280. The van der Waals surface area contributed by atoms with Gasteiger partial charge in [0.05, 0.1) is 29.3 Å². The van der Waals surface area contributed by atoms with E-state index in [1.807, 2.05) is 24.3 Å². The van der Waals surface area contributed by atoms with Crippen molar-refractivity contribution in [2.24, 2.45) is 0 Å². The first-order valence-electron chi connectivity index (χ1n) is 9.66. The molecule has 30 heavy (non-hydrogen) atoms. The molecular weight excluding hydrogens is 376 g/mol. The number of amides is 1. The van der Waals surface area contributed by atoms with Crippen molar-refractivity contribution in [3.8, 4) is 11.3 Å². The van der Waals surface area contributed by atoms with E-state index in [1.54, 1.807) is 37.1 Å². The molecule has 3 aromatic heterocycles. The Morgan fingerprint density at radius 1 is 1.10 bits per heavy atom. The molecule has 0 aliphatic heterocycles. The third-order valence-electron chi connectivity index (χ3n) is 4.94. The summed E-state index contributed by atoms with van der Waals surface area (Å²) in [6.07, 6.45) is 13.9. The number of rotatable bonds is 5. The van der Waals surface area contributed by atoms with Crippen LogP contribution in [0, 0.1) is 0 Å². The molecule has 0 saturated heterocycles. The zero-order chi connectivity index (χ0) is 20.3. The van der Waals surface area contributed by atoms with Gasteiger partial charge in [-0.1, -0.05) is 24.3 Å². The smallest absolute Gasteiger partial charge is 0.251 e. The van der Waals surface area contributed by atoms with Crippen molar-refractivity contribution in [2.45, 2.75) is 13.0 Å². The van der Waals surface area contributed by atoms with Gasteiger partial charge in [-0.15, -0.1) is 0 Å². The highest BCUT2D eigenvalue weighted by Crippen LogP contribution is 2.31. The number of nitrogens with zero attached hydrogens (tertiary/aromatic N) is 3. The lowest BCUT2D eigenvalue weighted by molar-refractivity contribution is 0.0951. The number of carbonyl (C=O) groups excluding carboxylic acids is 1. The summed E-state index contributed by atoms with van der Waals surface area (Å²) in [5, 5.41) is 2.92. The molecule has 0 radical (unpaired) electrons. The summed E-state index contributed by atoms with van der Waals surface area (Å²) in [6.45, 7) is 0.413. The van der Waals surface area contributed by atoms with Gasteiger partial charge in [0.1, 0.15) is 5.69 Å². The molecule has 0 atom stereocenters. The van der Waals surface area contributed by atoms with Crippen molar-refractivity contribution in [3.63, 3.8) is 0 Å². The number of carbonyl (C=O) groups is 1. The van der Waals surface area contributed by atoms with Crippen LogP contribution in [0.4, 0.5) is 0 Å². The summed E-state index contributed by atoms with van der Waals surface area (Å²) in [4.78, 5) is 26.4. The van der Waals surface area contributed by atoms with Crippen LogP contribution in [-0.4, -0.2) is 20.9 Å². The lowest BCUT2D eigenvalue weighted by Crippen LogP contribution is -2.22. The third-order valence-corrected chi connectivity index (χ3v) is 4.94. The molecule has 1 N–H and O–H groups in total. The third kappa shape index (κ3) is 3.51. The van der Waals surface area contributed by atoms with Crippen molar-refractivity contribution in [1.29, 1.82) is 0 Å². The van der Waals surface area contributed by atoms with Crippen molar-refractivity contribution in [3.05, 3.63) is 96.4 Å². The maximum absolute atomic E-state index is 12.6. The maximum atomic E-state index is 12.6. The van der Waals surface area contributed by atoms with E-state index in [-0.39, 0.29) is 5.91 Å². The van der Waals surface area contributed by atoms with E-state index in [1.165, 1.54) is 0 Å². The zero-order valence-corrected chi connectivity index (χ0v) is 16.1. The number of hydrogen-bond acceptors (Lipinski definition) is 5. The van der Waals surface area contributed by atoms with Gasteiger partial charge >= 0.3 is 0 Å². The molecule has 0 bridgehead atoms. The van der Waals surface area contributed by atoms with Gasteiger partial charge in [-0.05, 0) is 47.9 Å². The second-order valence-electron chi connectivity index (χ2n) is 6.98. The predicted octanol–water partition coefficient (Wildman–Crippen LogP) is 4.56. The number of fused-ring (bicyclic) bond motifs is 1. The van der Waals surface area contributed by atoms with Crippen molar-refractivity contribution in [1.82, 2.24) is 20.3 Å². The summed E-state index contributed by atoms with van der Waals surface area (Å²) >= 11 is 0. The van der Waals surface area contributed by atoms with Gasteiger partial charge in [0.15, 0.2) is 0 Å². The predicted molar refractivity (Wildman–Crippen MR) is 114 cm³/mol. The van der Waals surface area contributed by atoms with Crippen LogP contribution in [0.1, 0.15) is 28.0 Å². The van der Waals surface area contributed by atoms with Gasteiger partial charge in [-0.2, -0.15) is 0 Å². The summed E-state index contributed by atoms with van der Waals surface area (Å²) in [5.41, 5.74) is 6.32. The fourth-order valence-electron chi connectivity index (χ4n) is 3.42. The average molecular weight is 394 g/mol. The molecule has 0 saturated carbocycles. The van der Waals surface area contributed by atoms with Crippen molar-refractivity contribution >= 4 is 22.5 Å². The van der Waals surface area contributed by atoms with E-state index in [2.05, 4.69) is 28.5 Å². The van der Waals surface area contributed by atoms with Crippen molar-refractivity contribution < 1.29 is 9.21 Å². The molecule has 6 nitrogen and oxygen atoms in total. The topological polar surface area (TPSA) is 80.9 Å². The SMILES string of the molecule is O=C(NCc1cccnc1)c1ccc2nc(C3=CCC=C3)c(-c3ccoc3)nc2c1. The van der Waals surface area contributed by atoms with Crippen LogP contribution in [0.2, 0.25) is 0 Å². The molecule has 4 aromatic rings. The number of furan rings is 1. The van der Waals surface area contributed by atoms with Crippen LogP contribution in [0.3, 0.4) is 0 Å². The van der Waals surface area contributed by atoms with Gasteiger partial charge in [0.2, 0.25) is 0 Å². The molecule has 0 spiro atoms. The first-order valence-corrected chi connectivity index (χ1v) is 9.66. The van der Waals surface area contributed by atoms with E-state index >= 15 is 0 Å². The number of pyridine rings is 1. The standard InChI is InChI=1S/C24H18N4O2/c29-24(26-14-16-4-3-10-25-13-16)18-7-8-20-21(12-18)28-23(19-9-11-30-15-19)22(27-20)17-5-1-2-6-17/h1,3-13,15H,2,14H2,(H,26,29). The van der Waals surface area contributed by atoms with E-state index < -0.39 is 0 Å². The highest BCUT2D eigenvalue weighted by Gasteiger charge is 2.17.